The first kappa shape index (κ1) is 24.7. The second-order valence-electron chi connectivity index (χ2n) is 8.95. The number of aliphatic hydroxyl groups excluding tert-OH is 1. The molecule has 35 heavy (non-hydrogen) atoms. The van der Waals surface area contributed by atoms with E-state index in [4.69, 9.17) is 4.74 Å². The highest BCUT2D eigenvalue weighted by Crippen LogP contribution is 2.34. The summed E-state index contributed by atoms with van der Waals surface area (Å²) in [6, 6.07) is 11.2. The first-order chi connectivity index (χ1) is 16.6. The molecule has 0 radical (unpaired) electrons. The number of pyridine rings is 1. The first-order valence-corrected chi connectivity index (χ1v) is 13.0. The molecule has 0 bridgehead atoms. The van der Waals surface area contributed by atoms with E-state index in [2.05, 4.69) is 9.71 Å². The number of amidine groups is 1. The van der Waals surface area contributed by atoms with E-state index in [1.165, 1.54) is 10.6 Å². The Morgan fingerprint density at radius 3 is 2.63 bits per heavy atom. The lowest BCUT2D eigenvalue weighted by molar-refractivity contribution is 0.104. The highest BCUT2D eigenvalue weighted by atomic mass is 32.2. The smallest absolute Gasteiger partial charge is 0.286 e. The van der Waals surface area contributed by atoms with E-state index in [9.17, 15) is 23.4 Å². The Labute approximate surface area is 203 Å². The molecule has 1 aliphatic heterocycles. The molecule has 9 nitrogen and oxygen atoms in total. The molecule has 3 N–H and O–H groups in total. The first-order valence-electron chi connectivity index (χ1n) is 11.5. The number of sulfonamides is 1. The fourth-order valence-corrected chi connectivity index (χ4v) is 4.99. The number of hydrogen-bond acceptors (Lipinski definition) is 7. The summed E-state index contributed by atoms with van der Waals surface area (Å²) in [6.45, 7) is 6.35. The van der Waals surface area contributed by atoms with Crippen molar-refractivity contribution in [2.24, 2.45) is 10.3 Å². The Morgan fingerprint density at radius 1 is 1.17 bits per heavy atom. The molecular formula is C25H29N3O6S. The Morgan fingerprint density at radius 2 is 1.91 bits per heavy atom. The largest absolute Gasteiger partial charge is 0.506 e. The van der Waals surface area contributed by atoms with Gasteiger partial charge in [-0.15, -0.1) is 4.40 Å². The van der Waals surface area contributed by atoms with Gasteiger partial charge in [0, 0.05) is 11.9 Å². The van der Waals surface area contributed by atoms with Crippen LogP contribution in [-0.4, -0.2) is 41.7 Å². The van der Waals surface area contributed by atoms with E-state index in [0.717, 1.165) is 0 Å². The van der Waals surface area contributed by atoms with Crippen LogP contribution in [0.25, 0.3) is 10.9 Å². The minimum atomic E-state index is -4.08. The highest BCUT2D eigenvalue weighted by Gasteiger charge is 2.29. The maximum absolute atomic E-state index is 13.6. The average molecular weight is 500 g/mol. The summed E-state index contributed by atoms with van der Waals surface area (Å²) in [5.74, 6) is 0.0776. The van der Waals surface area contributed by atoms with E-state index in [1.54, 1.807) is 36.4 Å². The van der Waals surface area contributed by atoms with Crippen LogP contribution in [0.4, 0.5) is 5.69 Å². The summed E-state index contributed by atoms with van der Waals surface area (Å²) >= 11 is 0. The van der Waals surface area contributed by atoms with Gasteiger partial charge in [-0.25, -0.2) is 0 Å². The summed E-state index contributed by atoms with van der Waals surface area (Å²) in [5.41, 5.74) is -0.0210. The van der Waals surface area contributed by atoms with Gasteiger partial charge in [-0.3, -0.25) is 4.79 Å². The number of hydrogen-bond donors (Lipinski definition) is 3. The molecule has 1 atom stereocenters. The molecule has 3 aromatic rings. The number of fused-ring (bicyclic) bond motifs is 2. The summed E-state index contributed by atoms with van der Waals surface area (Å²) < 4.78 is 36.6. The van der Waals surface area contributed by atoms with Crippen LogP contribution < -0.4 is 15.6 Å². The van der Waals surface area contributed by atoms with Gasteiger partial charge in [0.05, 0.1) is 17.3 Å². The van der Waals surface area contributed by atoms with Gasteiger partial charge in [0.2, 0.25) is 0 Å². The normalized spacial score (nSPS) is 15.4. The molecule has 10 heteroatoms. The number of para-hydroxylation sites is 1. The number of aromatic nitrogens is 1. The molecule has 2 aromatic carbocycles. The fourth-order valence-electron chi connectivity index (χ4n) is 3.87. The Bertz CT molecular complexity index is 1460. The third-order valence-corrected chi connectivity index (χ3v) is 7.25. The Hall–Kier alpha value is -3.37. The van der Waals surface area contributed by atoms with E-state index < -0.39 is 27.4 Å². The SMILES string of the molecule is CCC(O)COc1ccc2c(c1)c(O)c(C1=NS(=O)(=O)c3ccccc3N1)c(=O)n2CCC(C)C. The zero-order valence-corrected chi connectivity index (χ0v) is 20.7. The van der Waals surface area contributed by atoms with Crippen molar-refractivity contribution in [3.05, 3.63) is 58.4 Å². The van der Waals surface area contributed by atoms with Crippen LogP contribution in [0.5, 0.6) is 11.5 Å². The van der Waals surface area contributed by atoms with Crippen molar-refractivity contribution in [3.8, 4) is 11.5 Å². The Balaban J connectivity index is 1.91. The molecule has 1 unspecified atom stereocenters. The van der Waals surface area contributed by atoms with Gasteiger partial charge in [0.1, 0.15) is 28.6 Å². The van der Waals surface area contributed by atoms with Gasteiger partial charge >= 0.3 is 0 Å². The quantitative estimate of drug-likeness (QED) is 0.433. The lowest BCUT2D eigenvalue weighted by Gasteiger charge is -2.21. The molecular weight excluding hydrogens is 470 g/mol. The van der Waals surface area contributed by atoms with Crippen molar-refractivity contribution >= 4 is 32.4 Å². The monoisotopic (exact) mass is 499 g/mol. The van der Waals surface area contributed by atoms with Crippen molar-refractivity contribution in [2.75, 3.05) is 11.9 Å². The summed E-state index contributed by atoms with van der Waals surface area (Å²) in [5, 5.41) is 24.3. The minimum absolute atomic E-state index is 0.00525. The number of nitrogens with one attached hydrogen (secondary N) is 1. The van der Waals surface area contributed by atoms with Crippen LogP contribution in [-0.2, 0) is 16.6 Å². The lowest BCUT2D eigenvalue weighted by atomic mass is 10.1. The number of aryl methyl sites for hydroxylation is 1. The van der Waals surface area contributed by atoms with Gasteiger partial charge in [0.15, 0.2) is 5.84 Å². The minimum Gasteiger partial charge on any atom is -0.506 e. The van der Waals surface area contributed by atoms with Crippen LogP contribution in [0.2, 0.25) is 0 Å². The van der Waals surface area contributed by atoms with Crippen molar-refractivity contribution in [3.63, 3.8) is 0 Å². The Kier molecular flexibility index (Phi) is 6.86. The van der Waals surface area contributed by atoms with E-state index in [0.29, 0.717) is 42.0 Å². The maximum atomic E-state index is 13.6. The van der Waals surface area contributed by atoms with Gasteiger partial charge in [-0.05, 0) is 49.1 Å². The zero-order chi connectivity index (χ0) is 25.3. The van der Waals surface area contributed by atoms with Crippen LogP contribution in [0.15, 0.2) is 56.6 Å². The summed E-state index contributed by atoms with van der Waals surface area (Å²) in [7, 11) is -4.08. The van der Waals surface area contributed by atoms with Gasteiger partial charge in [-0.2, -0.15) is 8.42 Å². The van der Waals surface area contributed by atoms with Crippen LogP contribution in [0, 0.1) is 5.92 Å². The predicted molar refractivity (Wildman–Crippen MR) is 135 cm³/mol. The van der Waals surface area contributed by atoms with Gasteiger partial charge < -0.3 is 24.8 Å². The summed E-state index contributed by atoms with van der Waals surface area (Å²) in [4.78, 5) is 13.6. The predicted octanol–water partition coefficient (Wildman–Crippen LogP) is 3.46. The number of anilines is 1. The average Bonchev–Trinajstić information content (AvgIpc) is 2.82. The molecule has 186 valence electrons. The summed E-state index contributed by atoms with van der Waals surface area (Å²) in [6.07, 6.45) is 0.585. The van der Waals surface area contributed by atoms with Crippen LogP contribution >= 0.6 is 0 Å². The van der Waals surface area contributed by atoms with Crippen molar-refractivity contribution in [2.45, 2.75) is 51.2 Å². The lowest BCUT2D eigenvalue weighted by Crippen LogP contribution is -2.33. The molecule has 0 saturated heterocycles. The van der Waals surface area contributed by atoms with E-state index >= 15 is 0 Å². The van der Waals surface area contributed by atoms with Gasteiger partial charge in [-0.1, -0.05) is 32.9 Å². The van der Waals surface area contributed by atoms with Crippen molar-refractivity contribution < 1.29 is 23.4 Å². The van der Waals surface area contributed by atoms with Gasteiger partial charge in [0.25, 0.3) is 15.6 Å². The van der Waals surface area contributed by atoms with Crippen molar-refractivity contribution in [1.82, 2.24) is 4.57 Å². The topological polar surface area (TPSA) is 130 Å². The van der Waals surface area contributed by atoms with E-state index in [-0.39, 0.29) is 28.6 Å². The maximum Gasteiger partial charge on any atom is 0.286 e. The number of rotatable bonds is 8. The molecule has 0 aliphatic carbocycles. The number of nitrogens with zero attached hydrogens (tertiary/aromatic N) is 2. The number of benzene rings is 2. The molecule has 1 aromatic heterocycles. The molecule has 1 aliphatic rings. The third-order valence-electron chi connectivity index (χ3n) is 5.92. The van der Waals surface area contributed by atoms with Crippen molar-refractivity contribution in [1.29, 1.82) is 0 Å². The number of ether oxygens (including phenoxy) is 1. The van der Waals surface area contributed by atoms with Crippen LogP contribution in [0.3, 0.4) is 0 Å². The number of aliphatic hydroxyl groups is 1. The fraction of sp³-hybridized carbons (Fsp3) is 0.360. The molecule has 0 spiro atoms. The van der Waals surface area contributed by atoms with Crippen LogP contribution in [0.1, 0.15) is 39.2 Å². The number of aromatic hydroxyl groups is 1. The van der Waals surface area contributed by atoms with E-state index in [1.807, 2.05) is 20.8 Å². The molecule has 0 amide bonds. The molecule has 0 fully saturated rings. The molecule has 0 saturated carbocycles. The highest BCUT2D eigenvalue weighted by molar-refractivity contribution is 7.90. The zero-order valence-electron chi connectivity index (χ0n) is 19.9. The third kappa shape index (κ3) is 4.89. The molecule has 2 heterocycles. The second-order valence-corrected chi connectivity index (χ2v) is 10.5. The second kappa shape index (κ2) is 9.71. The molecule has 4 rings (SSSR count). The standard InChI is InChI=1S/C25H29N3O6S/c1-4-16(29)14-34-17-9-10-20-18(13-17)23(30)22(25(31)28(20)12-11-15(2)3)24-26-19-7-5-6-8-21(19)35(32,33)27-24/h5-10,13,15-16,29-30H,4,11-12,14H2,1-3H3,(H,26,27).